The van der Waals surface area contributed by atoms with E-state index >= 15 is 0 Å². The molecule has 0 atom stereocenters. The Hall–Kier alpha value is -1.37. The van der Waals surface area contributed by atoms with E-state index in [0.717, 1.165) is 43.9 Å². The lowest BCUT2D eigenvalue weighted by Gasteiger charge is -2.14. The van der Waals surface area contributed by atoms with Gasteiger partial charge in [-0.2, -0.15) is 0 Å². The predicted octanol–water partition coefficient (Wildman–Crippen LogP) is 0.912. The number of halogens is 1. The van der Waals surface area contributed by atoms with Crippen LogP contribution in [0.15, 0.2) is 11.2 Å². The maximum atomic E-state index is 13.3. The molecule has 1 aromatic rings. The molecule has 0 saturated carbocycles. The Morgan fingerprint density at radius 2 is 2.24 bits per heavy atom. The van der Waals surface area contributed by atoms with Gasteiger partial charge in [0.25, 0.3) is 0 Å². The summed E-state index contributed by atoms with van der Waals surface area (Å²) in [5.74, 6) is -0.321. The lowest BCUT2D eigenvalue weighted by Crippen LogP contribution is -2.29. The first-order valence-electron chi connectivity index (χ1n) is 5.35. The molecule has 0 unspecified atom stereocenters. The lowest BCUT2D eigenvalue weighted by atomic mass is 10.4. The maximum Gasteiger partial charge on any atom is 0.232 e. The number of carbonyl (C=O) groups is 1. The number of likely N-dealkylation sites (tertiary alicyclic amines) is 1. The van der Waals surface area contributed by atoms with E-state index in [4.69, 9.17) is 5.73 Å². The Balaban J connectivity index is 1.92. The van der Waals surface area contributed by atoms with Crippen LogP contribution in [0.4, 0.5) is 10.3 Å². The number of thioether (sulfide) groups is 1. The number of hydrogen-bond donors (Lipinski definition) is 1. The van der Waals surface area contributed by atoms with Crippen LogP contribution in [-0.4, -0.2) is 39.6 Å². The van der Waals surface area contributed by atoms with Crippen LogP contribution in [0.2, 0.25) is 0 Å². The second kappa shape index (κ2) is 5.31. The zero-order chi connectivity index (χ0) is 12.3. The molecular weight excluding hydrogens is 243 g/mol. The average Bonchev–Trinajstić information content (AvgIpc) is 2.83. The first kappa shape index (κ1) is 12.1. The molecule has 1 amide bonds. The van der Waals surface area contributed by atoms with Gasteiger partial charge in [-0.1, -0.05) is 11.8 Å². The Labute approximate surface area is 103 Å². The molecule has 0 spiro atoms. The van der Waals surface area contributed by atoms with Gasteiger partial charge in [-0.05, 0) is 12.8 Å². The minimum Gasteiger partial charge on any atom is -0.368 e. The molecule has 0 aliphatic carbocycles. The summed E-state index contributed by atoms with van der Waals surface area (Å²) >= 11 is 1.06. The molecule has 92 valence electrons. The van der Waals surface area contributed by atoms with E-state index in [1.54, 1.807) is 4.90 Å². The third-order valence-corrected chi connectivity index (χ3v) is 3.47. The van der Waals surface area contributed by atoms with Gasteiger partial charge in [0, 0.05) is 13.1 Å². The fourth-order valence-corrected chi connectivity index (χ4v) is 2.44. The molecule has 1 aliphatic rings. The van der Waals surface area contributed by atoms with Crippen molar-refractivity contribution in [1.82, 2.24) is 14.9 Å². The molecule has 0 radical (unpaired) electrons. The smallest absolute Gasteiger partial charge is 0.232 e. The molecule has 5 nitrogen and oxygen atoms in total. The van der Waals surface area contributed by atoms with Gasteiger partial charge in [0.05, 0.1) is 11.9 Å². The summed E-state index contributed by atoms with van der Waals surface area (Å²) in [5.41, 5.74) is 5.36. The van der Waals surface area contributed by atoms with Gasteiger partial charge in [-0.15, -0.1) is 0 Å². The SMILES string of the molecule is Nc1ncc(F)c(SCC(=O)N2CCCC2)n1. The fraction of sp³-hybridized carbons (Fsp3) is 0.500. The van der Waals surface area contributed by atoms with Crippen LogP contribution in [0, 0.1) is 5.82 Å². The van der Waals surface area contributed by atoms with Crippen molar-refractivity contribution < 1.29 is 9.18 Å². The van der Waals surface area contributed by atoms with Crippen molar-refractivity contribution in [3.8, 4) is 0 Å². The highest BCUT2D eigenvalue weighted by Crippen LogP contribution is 2.20. The zero-order valence-electron chi connectivity index (χ0n) is 9.23. The highest BCUT2D eigenvalue weighted by atomic mass is 32.2. The second-order valence-corrected chi connectivity index (χ2v) is 4.72. The Kier molecular flexibility index (Phi) is 3.78. The molecule has 2 rings (SSSR count). The highest BCUT2D eigenvalue weighted by Gasteiger charge is 2.18. The Morgan fingerprint density at radius 3 is 2.94 bits per heavy atom. The molecule has 2 N–H and O–H groups in total. The molecule has 1 aromatic heterocycles. The molecule has 7 heteroatoms. The minimum atomic E-state index is -0.543. The van der Waals surface area contributed by atoms with E-state index in [2.05, 4.69) is 9.97 Å². The summed E-state index contributed by atoms with van der Waals surface area (Å²) in [6.07, 6.45) is 3.11. The molecule has 0 aromatic carbocycles. The summed E-state index contributed by atoms with van der Waals surface area (Å²) < 4.78 is 13.3. The van der Waals surface area contributed by atoms with Gasteiger partial charge in [0.15, 0.2) is 5.82 Å². The number of carbonyl (C=O) groups excluding carboxylic acids is 1. The summed E-state index contributed by atoms with van der Waals surface area (Å²) in [6, 6.07) is 0. The zero-order valence-corrected chi connectivity index (χ0v) is 10.0. The van der Waals surface area contributed by atoms with Crippen molar-refractivity contribution in [1.29, 1.82) is 0 Å². The van der Waals surface area contributed by atoms with Gasteiger partial charge in [-0.25, -0.2) is 14.4 Å². The van der Waals surface area contributed by atoms with Crippen LogP contribution < -0.4 is 5.73 Å². The third-order valence-electron chi connectivity index (χ3n) is 2.52. The summed E-state index contributed by atoms with van der Waals surface area (Å²) in [5, 5.41) is 0.130. The van der Waals surface area contributed by atoms with Crippen molar-refractivity contribution in [2.45, 2.75) is 17.9 Å². The van der Waals surface area contributed by atoms with E-state index in [9.17, 15) is 9.18 Å². The number of amides is 1. The molecule has 1 fully saturated rings. The van der Waals surface area contributed by atoms with E-state index in [-0.39, 0.29) is 22.6 Å². The maximum absolute atomic E-state index is 13.3. The van der Waals surface area contributed by atoms with Crippen LogP contribution in [0.1, 0.15) is 12.8 Å². The normalized spacial score (nSPS) is 15.2. The Bertz CT molecular complexity index is 423. The summed E-state index contributed by atoms with van der Waals surface area (Å²) in [4.78, 5) is 20.8. The molecule has 1 aliphatic heterocycles. The predicted molar refractivity (Wildman–Crippen MR) is 62.9 cm³/mol. The standard InChI is InChI=1S/C10H13FN4OS/c11-7-5-13-10(12)14-9(7)17-6-8(16)15-3-1-2-4-15/h5H,1-4,6H2,(H2,12,13,14). The first-order valence-corrected chi connectivity index (χ1v) is 6.34. The number of aromatic nitrogens is 2. The van der Waals surface area contributed by atoms with Crippen LogP contribution in [-0.2, 0) is 4.79 Å². The number of nitrogens with zero attached hydrogens (tertiary/aromatic N) is 3. The molecule has 0 bridgehead atoms. The number of nitrogen functional groups attached to an aromatic ring is 1. The van der Waals surface area contributed by atoms with Crippen molar-refractivity contribution in [2.24, 2.45) is 0 Å². The molecule has 1 saturated heterocycles. The van der Waals surface area contributed by atoms with Crippen LogP contribution in [0.5, 0.6) is 0 Å². The van der Waals surface area contributed by atoms with E-state index in [0.29, 0.717) is 0 Å². The van der Waals surface area contributed by atoms with Gasteiger partial charge >= 0.3 is 0 Å². The monoisotopic (exact) mass is 256 g/mol. The third kappa shape index (κ3) is 3.06. The molecule has 2 heterocycles. The van der Waals surface area contributed by atoms with Crippen LogP contribution in [0.3, 0.4) is 0 Å². The number of nitrogens with two attached hydrogens (primary N) is 1. The summed E-state index contributed by atoms with van der Waals surface area (Å²) in [7, 11) is 0. The van der Waals surface area contributed by atoms with Crippen molar-refractivity contribution in [3.63, 3.8) is 0 Å². The van der Waals surface area contributed by atoms with Crippen molar-refractivity contribution in [2.75, 3.05) is 24.6 Å². The van der Waals surface area contributed by atoms with Crippen LogP contribution in [0.25, 0.3) is 0 Å². The van der Waals surface area contributed by atoms with Gasteiger partial charge in [-0.3, -0.25) is 4.79 Å². The van der Waals surface area contributed by atoms with E-state index in [1.807, 2.05) is 0 Å². The van der Waals surface area contributed by atoms with Gasteiger partial charge in [0.1, 0.15) is 5.03 Å². The van der Waals surface area contributed by atoms with Crippen molar-refractivity contribution >= 4 is 23.6 Å². The second-order valence-electron chi connectivity index (χ2n) is 3.76. The van der Waals surface area contributed by atoms with Gasteiger partial charge in [0.2, 0.25) is 11.9 Å². The number of anilines is 1. The Morgan fingerprint density at radius 1 is 1.53 bits per heavy atom. The number of hydrogen-bond acceptors (Lipinski definition) is 5. The molecule has 17 heavy (non-hydrogen) atoms. The quantitative estimate of drug-likeness (QED) is 0.643. The van der Waals surface area contributed by atoms with Crippen LogP contribution >= 0.6 is 11.8 Å². The topological polar surface area (TPSA) is 72.1 Å². The average molecular weight is 256 g/mol. The van der Waals surface area contributed by atoms with E-state index in [1.165, 1.54) is 0 Å². The highest BCUT2D eigenvalue weighted by molar-refractivity contribution is 7.99. The summed E-state index contributed by atoms with van der Waals surface area (Å²) in [6.45, 7) is 1.60. The first-order chi connectivity index (χ1) is 8.16. The largest absolute Gasteiger partial charge is 0.368 e. The molecular formula is C10H13FN4OS. The van der Waals surface area contributed by atoms with E-state index < -0.39 is 5.82 Å². The number of rotatable bonds is 3. The van der Waals surface area contributed by atoms with Gasteiger partial charge < -0.3 is 10.6 Å². The lowest BCUT2D eigenvalue weighted by molar-refractivity contribution is -0.127. The fourth-order valence-electron chi connectivity index (χ4n) is 1.65. The van der Waals surface area contributed by atoms with Crippen molar-refractivity contribution in [3.05, 3.63) is 12.0 Å². The minimum absolute atomic E-state index is 0.0162.